The number of amides is 2. The fraction of sp³-hybridized carbons (Fsp3) is 0.185. The van der Waals surface area contributed by atoms with Crippen LogP contribution in [0.2, 0.25) is 0 Å². The van der Waals surface area contributed by atoms with Crippen molar-refractivity contribution >= 4 is 23.1 Å². The van der Waals surface area contributed by atoms with E-state index in [9.17, 15) is 9.59 Å². The Kier molecular flexibility index (Phi) is 5.82. The molecular weight excluding hydrogens is 400 g/mol. The van der Waals surface area contributed by atoms with Crippen LogP contribution in [0.1, 0.15) is 27.8 Å². The first-order chi connectivity index (χ1) is 15.4. The van der Waals surface area contributed by atoms with Gasteiger partial charge in [-0.25, -0.2) is 0 Å². The van der Waals surface area contributed by atoms with Crippen LogP contribution in [0.3, 0.4) is 0 Å². The monoisotopic (exact) mass is 426 g/mol. The Hall–Kier alpha value is -3.86. The molecule has 0 atom stereocenters. The van der Waals surface area contributed by atoms with Crippen LogP contribution in [0.5, 0.6) is 5.75 Å². The molecule has 1 aliphatic heterocycles. The number of carbonyl (C=O) groups is 2. The van der Waals surface area contributed by atoms with E-state index in [1.165, 1.54) is 4.90 Å². The zero-order valence-electron chi connectivity index (χ0n) is 18.7. The first-order valence-corrected chi connectivity index (χ1v) is 10.5. The van der Waals surface area contributed by atoms with Gasteiger partial charge in [0.25, 0.3) is 11.8 Å². The predicted octanol–water partition coefficient (Wildman–Crippen LogP) is 5.01. The standard InChI is InChI=1S/C27H26N2O3/c1-17-8-7-10-21(15-17)28-25-24(22-13-12-18(2)14-19(22)3)26(30)29(27(25)31)16-20-9-5-6-11-23(20)32-4/h5-15,28H,16H2,1-4H3. The lowest BCUT2D eigenvalue weighted by molar-refractivity contribution is -0.137. The van der Waals surface area contributed by atoms with E-state index in [4.69, 9.17) is 4.74 Å². The minimum absolute atomic E-state index is 0.134. The Morgan fingerprint density at radius 1 is 0.844 bits per heavy atom. The Morgan fingerprint density at radius 2 is 1.59 bits per heavy atom. The number of nitrogens with zero attached hydrogens (tertiary/aromatic N) is 1. The van der Waals surface area contributed by atoms with Crippen LogP contribution in [0, 0.1) is 20.8 Å². The normalized spacial score (nSPS) is 13.7. The largest absolute Gasteiger partial charge is 0.496 e. The fourth-order valence-electron chi connectivity index (χ4n) is 4.05. The summed E-state index contributed by atoms with van der Waals surface area (Å²) in [7, 11) is 1.58. The third kappa shape index (κ3) is 4.02. The number of methoxy groups -OCH3 is 1. The van der Waals surface area contributed by atoms with Crippen LogP contribution < -0.4 is 10.1 Å². The molecule has 0 saturated heterocycles. The highest BCUT2D eigenvalue weighted by Gasteiger charge is 2.40. The molecule has 0 radical (unpaired) electrons. The van der Waals surface area contributed by atoms with Gasteiger partial charge < -0.3 is 10.1 Å². The lowest BCUT2D eigenvalue weighted by Gasteiger charge is -2.17. The number of benzene rings is 3. The topological polar surface area (TPSA) is 58.6 Å². The van der Waals surface area contributed by atoms with Crippen molar-refractivity contribution in [2.24, 2.45) is 0 Å². The fourth-order valence-corrected chi connectivity index (χ4v) is 4.05. The van der Waals surface area contributed by atoms with Crippen molar-refractivity contribution in [1.82, 2.24) is 4.90 Å². The van der Waals surface area contributed by atoms with Crippen molar-refractivity contribution < 1.29 is 14.3 Å². The maximum Gasteiger partial charge on any atom is 0.278 e. The molecule has 1 N–H and O–H groups in total. The second-order valence-corrected chi connectivity index (χ2v) is 8.07. The van der Waals surface area contributed by atoms with Gasteiger partial charge in [-0.05, 0) is 55.7 Å². The van der Waals surface area contributed by atoms with Gasteiger partial charge >= 0.3 is 0 Å². The summed E-state index contributed by atoms with van der Waals surface area (Å²) in [6.07, 6.45) is 0. The van der Waals surface area contributed by atoms with Gasteiger partial charge in [0.1, 0.15) is 11.4 Å². The first-order valence-electron chi connectivity index (χ1n) is 10.5. The molecule has 0 unspecified atom stereocenters. The highest BCUT2D eigenvalue weighted by atomic mass is 16.5. The van der Waals surface area contributed by atoms with E-state index in [2.05, 4.69) is 5.32 Å². The molecule has 0 fully saturated rings. The number of imide groups is 1. The number of nitrogens with one attached hydrogen (secondary N) is 1. The van der Waals surface area contributed by atoms with Gasteiger partial charge in [0.05, 0.1) is 19.2 Å². The Balaban J connectivity index is 1.79. The molecule has 3 aromatic rings. The molecule has 0 bridgehead atoms. The van der Waals surface area contributed by atoms with Gasteiger partial charge in [-0.2, -0.15) is 0 Å². The molecule has 0 aromatic heterocycles. The molecule has 0 saturated carbocycles. The molecule has 1 heterocycles. The Labute approximate surface area is 188 Å². The average Bonchev–Trinajstić information content (AvgIpc) is 2.99. The molecular formula is C27H26N2O3. The summed E-state index contributed by atoms with van der Waals surface area (Å²) in [6.45, 7) is 6.09. The minimum atomic E-state index is -0.350. The number of para-hydroxylation sites is 1. The molecule has 0 aliphatic carbocycles. The maximum absolute atomic E-state index is 13.6. The minimum Gasteiger partial charge on any atom is -0.496 e. The molecule has 4 rings (SSSR count). The molecule has 0 spiro atoms. The quantitative estimate of drug-likeness (QED) is 0.563. The summed E-state index contributed by atoms with van der Waals surface area (Å²) in [5.41, 5.74) is 6.09. The molecule has 2 amide bonds. The van der Waals surface area contributed by atoms with Gasteiger partial charge in [-0.15, -0.1) is 0 Å². The predicted molar refractivity (Wildman–Crippen MR) is 126 cm³/mol. The number of anilines is 1. The summed E-state index contributed by atoms with van der Waals surface area (Å²) < 4.78 is 5.43. The number of rotatable bonds is 6. The summed E-state index contributed by atoms with van der Waals surface area (Å²) >= 11 is 0. The van der Waals surface area contributed by atoms with Gasteiger partial charge in [0.2, 0.25) is 0 Å². The van der Waals surface area contributed by atoms with E-state index in [1.54, 1.807) is 7.11 Å². The smallest absolute Gasteiger partial charge is 0.278 e. The lowest BCUT2D eigenvalue weighted by atomic mass is 9.97. The molecule has 1 aliphatic rings. The molecule has 162 valence electrons. The van der Waals surface area contributed by atoms with Crippen LogP contribution in [0.15, 0.2) is 72.4 Å². The molecule has 32 heavy (non-hydrogen) atoms. The van der Waals surface area contributed by atoms with E-state index >= 15 is 0 Å². The van der Waals surface area contributed by atoms with Crippen molar-refractivity contribution in [2.45, 2.75) is 27.3 Å². The van der Waals surface area contributed by atoms with Crippen LogP contribution in [0.4, 0.5) is 5.69 Å². The zero-order chi connectivity index (χ0) is 22.8. The van der Waals surface area contributed by atoms with Crippen LogP contribution in [-0.4, -0.2) is 23.8 Å². The summed E-state index contributed by atoms with van der Waals surface area (Å²) in [6, 6.07) is 21.1. The highest BCUT2D eigenvalue weighted by molar-refractivity contribution is 6.36. The van der Waals surface area contributed by atoms with E-state index < -0.39 is 0 Å². The number of carbonyl (C=O) groups excluding carboxylic acids is 2. The second kappa shape index (κ2) is 8.71. The Morgan fingerprint density at radius 3 is 2.31 bits per heavy atom. The number of hydrogen-bond acceptors (Lipinski definition) is 4. The summed E-state index contributed by atoms with van der Waals surface area (Å²) in [5, 5.41) is 3.23. The number of aryl methyl sites for hydroxylation is 3. The van der Waals surface area contributed by atoms with Gasteiger partial charge in [0.15, 0.2) is 0 Å². The first kappa shape index (κ1) is 21.4. The second-order valence-electron chi connectivity index (χ2n) is 8.07. The van der Waals surface area contributed by atoms with E-state index in [0.717, 1.165) is 33.5 Å². The van der Waals surface area contributed by atoms with Gasteiger partial charge in [-0.3, -0.25) is 14.5 Å². The highest BCUT2D eigenvalue weighted by Crippen LogP contribution is 2.34. The van der Waals surface area contributed by atoms with E-state index in [-0.39, 0.29) is 18.4 Å². The maximum atomic E-state index is 13.6. The lowest BCUT2D eigenvalue weighted by Crippen LogP contribution is -2.32. The van der Waals surface area contributed by atoms with Crippen molar-refractivity contribution in [3.8, 4) is 5.75 Å². The van der Waals surface area contributed by atoms with E-state index in [0.29, 0.717) is 17.0 Å². The molecule has 3 aromatic carbocycles. The van der Waals surface area contributed by atoms with Crippen molar-refractivity contribution in [2.75, 3.05) is 12.4 Å². The van der Waals surface area contributed by atoms with Crippen LogP contribution in [0.25, 0.3) is 5.57 Å². The average molecular weight is 427 g/mol. The van der Waals surface area contributed by atoms with Crippen LogP contribution in [-0.2, 0) is 16.1 Å². The molecule has 5 nitrogen and oxygen atoms in total. The van der Waals surface area contributed by atoms with Gasteiger partial charge in [0, 0.05) is 11.3 Å². The summed E-state index contributed by atoms with van der Waals surface area (Å²) in [4.78, 5) is 28.4. The number of hydrogen-bond donors (Lipinski definition) is 1. The third-order valence-corrected chi connectivity index (χ3v) is 5.63. The van der Waals surface area contributed by atoms with Crippen molar-refractivity contribution in [1.29, 1.82) is 0 Å². The van der Waals surface area contributed by atoms with E-state index in [1.807, 2.05) is 87.5 Å². The van der Waals surface area contributed by atoms with Crippen molar-refractivity contribution in [3.63, 3.8) is 0 Å². The van der Waals surface area contributed by atoms with Gasteiger partial charge in [-0.1, -0.05) is 54.1 Å². The third-order valence-electron chi connectivity index (χ3n) is 5.63. The van der Waals surface area contributed by atoms with Crippen LogP contribution >= 0.6 is 0 Å². The SMILES string of the molecule is COc1ccccc1CN1C(=O)C(Nc2cccc(C)c2)=C(c2ccc(C)cc2C)C1=O. The van der Waals surface area contributed by atoms with Crippen molar-refractivity contribution in [3.05, 3.63) is 100 Å². The zero-order valence-corrected chi connectivity index (χ0v) is 18.7. The summed E-state index contributed by atoms with van der Waals surface area (Å²) in [5.74, 6) is -0.0262. The Bertz CT molecular complexity index is 1240. The number of ether oxygens (including phenoxy) is 1. The molecule has 5 heteroatoms.